The molecule has 0 amide bonds. The first-order valence-corrected chi connectivity index (χ1v) is 7.62. The van der Waals surface area contributed by atoms with Gasteiger partial charge in [-0.05, 0) is 61.3 Å². The SMILES string of the molecule is CC1CN1c1cc2c(c3c1ccn3C)[C@@H]1CC[C@H]2C1. The number of hydrogen-bond donors (Lipinski definition) is 0. The second kappa shape index (κ2) is 3.17. The predicted molar refractivity (Wildman–Crippen MR) is 79.1 cm³/mol. The lowest BCUT2D eigenvalue weighted by atomic mass is 9.89. The topological polar surface area (TPSA) is 7.94 Å². The number of aromatic nitrogens is 1. The summed E-state index contributed by atoms with van der Waals surface area (Å²) < 4.78 is 2.35. The number of benzene rings is 1. The van der Waals surface area contributed by atoms with Gasteiger partial charge in [0.2, 0.25) is 0 Å². The van der Waals surface area contributed by atoms with Crippen LogP contribution in [0.15, 0.2) is 18.3 Å². The van der Waals surface area contributed by atoms with E-state index < -0.39 is 0 Å². The van der Waals surface area contributed by atoms with Crippen LogP contribution in [-0.2, 0) is 7.05 Å². The smallest absolute Gasteiger partial charge is 0.0536 e. The van der Waals surface area contributed by atoms with Crippen molar-refractivity contribution < 1.29 is 0 Å². The molecule has 1 unspecified atom stereocenters. The Morgan fingerprint density at radius 3 is 2.79 bits per heavy atom. The average molecular weight is 252 g/mol. The molecule has 98 valence electrons. The van der Waals surface area contributed by atoms with Crippen molar-refractivity contribution in [1.29, 1.82) is 0 Å². The van der Waals surface area contributed by atoms with Gasteiger partial charge in [0, 0.05) is 36.9 Å². The zero-order valence-corrected chi connectivity index (χ0v) is 11.7. The molecule has 2 aliphatic carbocycles. The summed E-state index contributed by atoms with van der Waals surface area (Å²) in [5, 5.41) is 1.48. The van der Waals surface area contributed by atoms with Crippen molar-refractivity contribution >= 4 is 16.6 Å². The minimum Gasteiger partial charge on any atom is -0.364 e. The molecule has 0 spiro atoms. The van der Waals surface area contributed by atoms with Crippen LogP contribution < -0.4 is 4.90 Å². The largest absolute Gasteiger partial charge is 0.364 e. The molecule has 3 atom stereocenters. The molecule has 1 saturated carbocycles. The molecule has 1 saturated heterocycles. The summed E-state index contributed by atoms with van der Waals surface area (Å²) in [6, 6.07) is 5.59. The molecule has 2 heterocycles. The van der Waals surface area contributed by atoms with Crippen molar-refractivity contribution in [3.63, 3.8) is 0 Å². The zero-order chi connectivity index (χ0) is 12.7. The fourth-order valence-corrected chi connectivity index (χ4v) is 4.62. The van der Waals surface area contributed by atoms with Gasteiger partial charge in [0.05, 0.1) is 5.52 Å². The van der Waals surface area contributed by atoms with E-state index in [1.807, 2.05) is 0 Å². The van der Waals surface area contributed by atoms with Crippen LogP contribution in [0.5, 0.6) is 0 Å². The third-order valence-electron chi connectivity index (χ3n) is 5.66. The molecule has 1 aromatic carbocycles. The van der Waals surface area contributed by atoms with Crippen LogP contribution in [-0.4, -0.2) is 17.2 Å². The molecule has 2 heteroatoms. The highest BCUT2D eigenvalue weighted by atomic mass is 15.3. The summed E-state index contributed by atoms with van der Waals surface area (Å²) >= 11 is 0. The van der Waals surface area contributed by atoms with Crippen molar-refractivity contribution in [2.75, 3.05) is 11.4 Å². The highest BCUT2D eigenvalue weighted by Crippen LogP contribution is 2.56. The minimum atomic E-state index is 0.736. The van der Waals surface area contributed by atoms with E-state index in [1.165, 1.54) is 42.4 Å². The Hall–Kier alpha value is -1.44. The Bertz CT molecular complexity index is 697. The summed E-state index contributed by atoms with van der Waals surface area (Å²) in [5.41, 5.74) is 6.39. The van der Waals surface area contributed by atoms with Gasteiger partial charge < -0.3 is 9.47 Å². The Kier molecular flexibility index (Phi) is 1.73. The van der Waals surface area contributed by atoms with E-state index >= 15 is 0 Å². The lowest BCUT2D eigenvalue weighted by Crippen LogP contribution is -2.04. The Morgan fingerprint density at radius 2 is 2.00 bits per heavy atom. The molecule has 1 aliphatic heterocycles. The second-order valence-corrected chi connectivity index (χ2v) is 6.80. The molecule has 2 bridgehead atoms. The van der Waals surface area contributed by atoms with Gasteiger partial charge >= 0.3 is 0 Å². The average Bonchev–Trinajstić information content (AvgIpc) is 2.84. The van der Waals surface area contributed by atoms with E-state index in [0.29, 0.717) is 0 Å². The number of hydrogen-bond acceptors (Lipinski definition) is 1. The van der Waals surface area contributed by atoms with Crippen LogP contribution in [0.2, 0.25) is 0 Å². The van der Waals surface area contributed by atoms with Crippen LogP contribution in [0.25, 0.3) is 10.9 Å². The predicted octanol–water partition coefficient (Wildman–Crippen LogP) is 3.75. The van der Waals surface area contributed by atoms with Gasteiger partial charge in [-0.1, -0.05) is 0 Å². The lowest BCUT2D eigenvalue weighted by molar-refractivity contribution is 0.718. The number of anilines is 1. The second-order valence-electron chi connectivity index (χ2n) is 6.80. The maximum absolute atomic E-state index is 2.55. The van der Waals surface area contributed by atoms with Gasteiger partial charge in [0.15, 0.2) is 0 Å². The third kappa shape index (κ3) is 1.18. The lowest BCUT2D eigenvalue weighted by Gasteiger charge is -2.20. The van der Waals surface area contributed by atoms with Crippen LogP contribution in [0, 0.1) is 0 Å². The van der Waals surface area contributed by atoms with Crippen LogP contribution in [0.4, 0.5) is 5.69 Å². The van der Waals surface area contributed by atoms with Gasteiger partial charge in [-0.2, -0.15) is 0 Å². The Labute approximate surface area is 114 Å². The van der Waals surface area contributed by atoms with Gasteiger partial charge in [-0.3, -0.25) is 0 Å². The molecule has 19 heavy (non-hydrogen) atoms. The number of aryl methyl sites for hydroxylation is 1. The summed E-state index contributed by atoms with van der Waals surface area (Å²) in [4.78, 5) is 2.55. The minimum absolute atomic E-state index is 0.736. The van der Waals surface area contributed by atoms with E-state index in [4.69, 9.17) is 0 Å². The zero-order valence-electron chi connectivity index (χ0n) is 11.7. The summed E-state index contributed by atoms with van der Waals surface area (Å²) in [6.07, 6.45) is 6.49. The summed E-state index contributed by atoms with van der Waals surface area (Å²) in [5.74, 6) is 1.70. The normalized spacial score (nSPS) is 31.3. The Morgan fingerprint density at radius 1 is 1.21 bits per heavy atom. The number of nitrogens with zero attached hydrogens (tertiary/aromatic N) is 2. The molecular weight excluding hydrogens is 232 g/mol. The third-order valence-corrected chi connectivity index (χ3v) is 5.66. The molecule has 0 N–H and O–H groups in total. The highest BCUT2D eigenvalue weighted by Gasteiger charge is 2.41. The van der Waals surface area contributed by atoms with Crippen LogP contribution in [0.1, 0.15) is 49.1 Å². The monoisotopic (exact) mass is 252 g/mol. The van der Waals surface area contributed by atoms with Crippen molar-refractivity contribution in [3.8, 4) is 0 Å². The molecule has 2 nitrogen and oxygen atoms in total. The van der Waals surface area contributed by atoms with Crippen molar-refractivity contribution in [2.45, 2.75) is 44.1 Å². The quantitative estimate of drug-likeness (QED) is 0.702. The van der Waals surface area contributed by atoms with Gasteiger partial charge in [0.25, 0.3) is 0 Å². The van der Waals surface area contributed by atoms with E-state index in [0.717, 1.165) is 17.9 Å². The molecule has 2 aromatic rings. The maximum atomic E-state index is 2.55. The summed E-state index contributed by atoms with van der Waals surface area (Å²) in [6.45, 7) is 3.56. The first-order valence-electron chi connectivity index (χ1n) is 7.62. The molecule has 5 rings (SSSR count). The molecule has 1 aromatic heterocycles. The van der Waals surface area contributed by atoms with Crippen molar-refractivity contribution in [1.82, 2.24) is 4.57 Å². The number of fused-ring (bicyclic) bond motifs is 7. The van der Waals surface area contributed by atoms with Crippen molar-refractivity contribution in [2.24, 2.45) is 7.05 Å². The van der Waals surface area contributed by atoms with Gasteiger partial charge in [-0.15, -0.1) is 0 Å². The van der Waals surface area contributed by atoms with Gasteiger partial charge in [-0.25, -0.2) is 0 Å². The first-order chi connectivity index (χ1) is 9.24. The fourth-order valence-electron chi connectivity index (χ4n) is 4.62. The molecule has 2 fully saturated rings. The van der Waals surface area contributed by atoms with Crippen LogP contribution >= 0.6 is 0 Å². The molecule has 3 aliphatic rings. The van der Waals surface area contributed by atoms with E-state index in [-0.39, 0.29) is 0 Å². The van der Waals surface area contributed by atoms with E-state index in [9.17, 15) is 0 Å². The Balaban J connectivity index is 1.86. The van der Waals surface area contributed by atoms with Crippen LogP contribution in [0.3, 0.4) is 0 Å². The fraction of sp³-hybridized carbons (Fsp3) is 0.529. The van der Waals surface area contributed by atoms with E-state index in [2.05, 4.69) is 41.8 Å². The molecular formula is C17H20N2. The number of rotatable bonds is 1. The maximum Gasteiger partial charge on any atom is 0.0536 e. The van der Waals surface area contributed by atoms with Crippen molar-refractivity contribution in [3.05, 3.63) is 29.5 Å². The first kappa shape index (κ1) is 10.4. The molecule has 0 radical (unpaired) electrons. The van der Waals surface area contributed by atoms with Gasteiger partial charge in [0.1, 0.15) is 0 Å². The van der Waals surface area contributed by atoms with E-state index in [1.54, 1.807) is 11.1 Å². The summed E-state index contributed by atoms with van der Waals surface area (Å²) in [7, 11) is 2.21. The standard InChI is InChI=1S/C17H20N2/c1-10-9-19(10)15-8-14-11-3-4-12(7-11)16(14)17-13(15)5-6-18(17)2/h5-6,8,10-12H,3-4,7,9H2,1-2H3/t10?,11-,12+,19?/m0/s1. The highest BCUT2D eigenvalue weighted by molar-refractivity contribution is 5.98.